The first-order valence-corrected chi connectivity index (χ1v) is 11.3. The van der Waals surface area contributed by atoms with Crippen LogP contribution in [0.1, 0.15) is 76.2 Å². The monoisotopic (exact) mass is 375 g/mol. The van der Waals surface area contributed by atoms with Crippen molar-refractivity contribution in [3.8, 4) is 0 Å². The van der Waals surface area contributed by atoms with E-state index in [2.05, 4.69) is 47.8 Å². The molecule has 2 fully saturated rings. The van der Waals surface area contributed by atoms with Gasteiger partial charge in [0.05, 0.1) is 0 Å². The molecule has 0 spiro atoms. The van der Waals surface area contributed by atoms with Crippen LogP contribution >= 0.6 is 0 Å². The summed E-state index contributed by atoms with van der Waals surface area (Å²) in [5.41, 5.74) is 6.28. The molecule has 0 aliphatic heterocycles. The average molecular weight is 376 g/mol. The molecule has 4 rings (SSSR count). The Bertz CT molecular complexity index is 770. The van der Waals surface area contributed by atoms with Gasteiger partial charge >= 0.3 is 0 Å². The summed E-state index contributed by atoms with van der Waals surface area (Å²) >= 11 is 0. The maximum atomic E-state index is 13.3. The molecule has 0 amide bonds. The largest absolute Gasteiger partial charge is 0.381 e. The Kier molecular flexibility index (Phi) is 6.46. The molecule has 0 atom stereocenters. The van der Waals surface area contributed by atoms with E-state index in [0.29, 0.717) is 5.78 Å². The number of rotatable bonds is 6. The Hall–Kier alpha value is -2.09. The van der Waals surface area contributed by atoms with Gasteiger partial charge in [-0.05, 0) is 56.1 Å². The fraction of sp³-hybridized carbons (Fsp3) is 0.500. The minimum absolute atomic E-state index is 0.244. The molecule has 28 heavy (non-hydrogen) atoms. The predicted molar refractivity (Wildman–Crippen MR) is 116 cm³/mol. The van der Waals surface area contributed by atoms with E-state index in [0.717, 1.165) is 31.4 Å². The molecule has 0 heterocycles. The van der Waals surface area contributed by atoms with Crippen LogP contribution in [0.3, 0.4) is 0 Å². The zero-order valence-electron chi connectivity index (χ0n) is 17.0. The van der Waals surface area contributed by atoms with E-state index < -0.39 is 0 Å². The van der Waals surface area contributed by atoms with Gasteiger partial charge in [0.2, 0.25) is 0 Å². The number of carbonyl (C=O) groups excluding carboxylic acids is 1. The topological polar surface area (TPSA) is 29.1 Å². The van der Waals surface area contributed by atoms with Gasteiger partial charge in [0.15, 0.2) is 5.78 Å². The van der Waals surface area contributed by atoms with Gasteiger partial charge < -0.3 is 5.32 Å². The average Bonchev–Trinajstić information content (AvgIpc) is 3.25. The van der Waals surface area contributed by atoms with Crippen LogP contribution in [-0.2, 0) is 11.3 Å². The van der Waals surface area contributed by atoms with E-state index in [1.54, 1.807) is 0 Å². The van der Waals surface area contributed by atoms with Crippen molar-refractivity contribution in [2.75, 3.05) is 0 Å². The third-order valence-corrected chi connectivity index (χ3v) is 6.57. The van der Waals surface area contributed by atoms with Crippen molar-refractivity contribution in [3.63, 3.8) is 0 Å². The number of hydrogen-bond acceptors (Lipinski definition) is 2. The van der Waals surface area contributed by atoms with Crippen molar-refractivity contribution in [1.29, 1.82) is 0 Å². The smallest absolute Gasteiger partial charge is 0.166 e. The lowest BCUT2D eigenvalue weighted by atomic mass is 9.81. The maximum absolute atomic E-state index is 13.3. The highest BCUT2D eigenvalue weighted by molar-refractivity contribution is 6.03. The van der Waals surface area contributed by atoms with Crippen LogP contribution in [0, 0.1) is 5.92 Å². The van der Waals surface area contributed by atoms with Crippen molar-refractivity contribution < 1.29 is 4.79 Å². The molecule has 1 N–H and O–H groups in total. The van der Waals surface area contributed by atoms with E-state index in [4.69, 9.17) is 0 Å². The van der Waals surface area contributed by atoms with Crippen LogP contribution in [0.2, 0.25) is 0 Å². The molecule has 0 saturated heterocycles. The molecule has 3 aliphatic carbocycles. The number of nitrogens with one attached hydrogen (secondary N) is 1. The molecule has 2 heteroatoms. The number of ketones is 1. The Balaban J connectivity index is 1.56. The summed E-state index contributed by atoms with van der Waals surface area (Å²) in [6.45, 7) is 0.821. The second kappa shape index (κ2) is 9.41. The van der Waals surface area contributed by atoms with Crippen LogP contribution in [-0.4, -0.2) is 5.78 Å². The highest BCUT2D eigenvalue weighted by Gasteiger charge is 2.29. The van der Waals surface area contributed by atoms with E-state index in [1.807, 2.05) is 0 Å². The van der Waals surface area contributed by atoms with Gasteiger partial charge in [-0.3, -0.25) is 4.79 Å². The maximum Gasteiger partial charge on any atom is 0.166 e. The second-order valence-electron chi connectivity index (χ2n) is 8.55. The zero-order valence-corrected chi connectivity index (χ0v) is 17.0. The number of Topliss-reactive ketones (excluding diaryl/α,β-unsaturated/α-hetero) is 1. The van der Waals surface area contributed by atoms with Crippen molar-refractivity contribution in [1.82, 2.24) is 5.32 Å². The zero-order chi connectivity index (χ0) is 19.2. The van der Waals surface area contributed by atoms with E-state index in [1.165, 1.54) is 73.8 Å². The van der Waals surface area contributed by atoms with Crippen molar-refractivity contribution in [3.05, 3.63) is 70.5 Å². The fourth-order valence-electron chi connectivity index (χ4n) is 4.99. The lowest BCUT2D eigenvalue weighted by molar-refractivity contribution is -0.119. The first kappa shape index (κ1) is 19.2. The Morgan fingerprint density at radius 1 is 0.857 bits per heavy atom. The highest BCUT2D eigenvalue weighted by atomic mass is 16.1. The van der Waals surface area contributed by atoms with Crippen LogP contribution in [0.5, 0.6) is 0 Å². The van der Waals surface area contributed by atoms with Crippen LogP contribution in [0.15, 0.2) is 64.9 Å². The molecule has 0 unspecified atom stereocenters. The fourth-order valence-corrected chi connectivity index (χ4v) is 4.99. The third-order valence-electron chi connectivity index (χ3n) is 6.57. The minimum Gasteiger partial charge on any atom is -0.381 e. The quantitative estimate of drug-likeness (QED) is 0.623. The number of hydrogen-bond donors (Lipinski definition) is 1. The molecule has 1 aromatic carbocycles. The van der Waals surface area contributed by atoms with Gasteiger partial charge in [0.1, 0.15) is 0 Å². The highest BCUT2D eigenvalue weighted by Crippen LogP contribution is 2.36. The van der Waals surface area contributed by atoms with Gasteiger partial charge in [-0.15, -0.1) is 0 Å². The number of allylic oxidation sites excluding steroid dienone is 4. The summed E-state index contributed by atoms with van der Waals surface area (Å²) in [4.78, 5) is 13.3. The van der Waals surface area contributed by atoms with E-state index in [-0.39, 0.29) is 5.92 Å². The van der Waals surface area contributed by atoms with Gasteiger partial charge in [0.25, 0.3) is 0 Å². The van der Waals surface area contributed by atoms with Crippen molar-refractivity contribution >= 4 is 5.78 Å². The molecule has 0 bridgehead atoms. The van der Waals surface area contributed by atoms with Crippen LogP contribution < -0.4 is 5.32 Å². The van der Waals surface area contributed by atoms with Crippen LogP contribution in [0.25, 0.3) is 0 Å². The standard InChI is InChI=1S/C26H33NO/c28-26(22-15-8-3-9-16-22)24-18-10-17-23(24)25(21-13-6-2-7-14-21)27-19-20-11-4-1-5-12-20/h1,4-5,11-12,17-18,22,27H,2-3,6-10,13-16,19H2. The van der Waals surface area contributed by atoms with Crippen LogP contribution in [0.4, 0.5) is 0 Å². The van der Waals surface area contributed by atoms with Gasteiger partial charge in [0, 0.05) is 29.3 Å². The summed E-state index contributed by atoms with van der Waals surface area (Å²) in [7, 11) is 0. The summed E-state index contributed by atoms with van der Waals surface area (Å²) in [6, 6.07) is 10.6. The molecular formula is C26H33NO. The summed E-state index contributed by atoms with van der Waals surface area (Å²) in [5.74, 6) is 0.645. The summed E-state index contributed by atoms with van der Waals surface area (Å²) in [5, 5.41) is 3.75. The lowest BCUT2D eigenvalue weighted by Gasteiger charge is -2.25. The first-order valence-electron chi connectivity index (χ1n) is 11.3. The molecule has 148 valence electrons. The van der Waals surface area contributed by atoms with E-state index >= 15 is 0 Å². The number of carbonyl (C=O) groups is 1. The molecule has 0 radical (unpaired) electrons. The van der Waals surface area contributed by atoms with Gasteiger partial charge in [-0.25, -0.2) is 0 Å². The molecule has 2 saturated carbocycles. The van der Waals surface area contributed by atoms with Gasteiger partial charge in [-0.1, -0.05) is 68.2 Å². The van der Waals surface area contributed by atoms with E-state index in [9.17, 15) is 4.79 Å². The Morgan fingerprint density at radius 2 is 1.54 bits per heavy atom. The van der Waals surface area contributed by atoms with Gasteiger partial charge in [-0.2, -0.15) is 0 Å². The third kappa shape index (κ3) is 4.48. The van der Waals surface area contributed by atoms with Crippen molar-refractivity contribution in [2.45, 2.75) is 77.2 Å². The summed E-state index contributed by atoms with van der Waals surface area (Å²) in [6.07, 6.45) is 17.4. The normalized spacial score (nSPS) is 20.5. The second-order valence-corrected chi connectivity index (χ2v) is 8.55. The predicted octanol–water partition coefficient (Wildman–Crippen LogP) is 6.40. The molecular weight excluding hydrogens is 342 g/mol. The molecule has 0 aromatic heterocycles. The Morgan fingerprint density at radius 3 is 2.29 bits per heavy atom. The molecule has 1 aromatic rings. The molecule has 3 aliphatic rings. The first-order chi connectivity index (χ1) is 13.8. The van der Waals surface area contributed by atoms with Crippen molar-refractivity contribution in [2.24, 2.45) is 5.92 Å². The Labute approximate surface area is 169 Å². The minimum atomic E-state index is 0.244. The SMILES string of the molecule is O=C(C1=CCC=C1C(NCc1ccccc1)=C1CCCCC1)C1CCCCC1. The lowest BCUT2D eigenvalue weighted by Crippen LogP contribution is -2.24. The summed E-state index contributed by atoms with van der Waals surface area (Å²) < 4.78 is 0. The number of benzene rings is 1. The molecule has 2 nitrogen and oxygen atoms in total.